The number of aliphatic imine (C=N–C) groups is 1. The molecular weight excluding hydrogens is 423 g/mol. The molecule has 174 valence electrons. The van der Waals surface area contributed by atoms with Gasteiger partial charge < -0.3 is 25.9 Å². The number of rotatable bonds is 9. The van der Waals surface area contributed by atoms with E-state index in [0.717, 1.165) is 16.9 Å². The molecule has 2 aromatic heterocycles. The molecule has 33 heavy (non-hydrogen) atoms. The number of amides is 1. The summed E-state index contributed by atoms with van der Waals surface area (Å²) in [5.41, 5.74) is 16.2. The summed E-state index contributed by atoms with van der Waals surface area (Å²) in [6, 6.07) is 8.12. The Bertz CT molecular complexity index is 1210. The van der Waals surface area contributed by atoms with E-state index in [4.69, 9.17) is 16.2 Å². The zero-order valence-electron chi connectivity index (χ0n) is 19.1. The first-order chi connectivity index (χ1) is 15.9. The number of pyridine rings is 1. The summed E-state index contributed by atoms with van der Waals surface area (Å²) >= 11 is 0. The highest BCUT2D eigenvalue weighted by Gasteiger charge is 2.15. The molecule has 0 spiro atoms. The van der Waals surface area contributed by atoms with Gasteiger partial charge in [-0.3, -0.25) is 9.79 Å². The Hall–Kier alpha value is -3.72. The lowest BCUT2D eigenvalue weighted by Gasteiger charge is -2.15. The maximum absolute atomic E-state index is 14.1. The highest BCUT2D eigenvalue weighted by atomic mass is 19.1. The molecule has 0 saturated heterocycles. The predicted octanol–water partition coefficient (Wildman–Crippen LogP) is 2.46. The first-order valence-corrected chi connectivity index (χ1v) is 10.6. The fourth-order valence-corrected chi connectivity index (χ4v) is 3.56. The number of hydrogen-bond donors (Lipinski definition) is 3. The van der Waals surface area contributed by atoms with Crippen LogP contribution in [0.1, 0.15) is 19.0 Å². The molecule has 8 nitrogen and oxygen atoms in total. The molecule has 9 heteroatoms. The topological polar surface area (TPSA) is 120 Å². The van der Waals surface area contributed by atoms with Crippen LogP contribution < -0.4 is 21.5 Å². The molecule has 1 amide bonds. The summed E-state index contributed by atoms with van der Waals surface area (Å²) in [5.74, 6) is -0.235. The number of aromatic nitrogens is 2. The summed E-state index contributed by atoms with van der Waals surface area (Å²) in [6.07, 6.45) is 4.73. The van der Waals surface area contributed by atoms with Gasteiger partial charge in [-0.15, -0.1) is 0 Å². The molecule has 3 aromatic rings. The van der Waals surface area contributed by atoms with Crippen LogP contribution in [-0.2, 0) is 11.2 Å². The molecule has 0 aliphatic heterocycles. The number of carbonyl (C=O) groups excluding carboxylic acids is 1. The second-order valence-corrected chi connectivity index (χ2v) is 7.45. The van der Waals surface area contributed by atoms with Crippen molar-refractivity contribution in [1.29, 1.82) is 0 Å². The van der Waals surface area contributed by atoms with Gasteiger partial charge in [-0.1, -0.05) is 0 Å². The van der Waals surface area contributed by atoms with Crippen LogP contribution in [0.15, 0.2) is 59.0 Å². The second kappa shape index (κ2) is 10.7. The third-order valence-corrected chi connectivity index (χ3v) is 5.41. The van der Waals surface area contributed by atoms with Crippen molar-refractivity contribution in [1.82, 2.24) is 14.7 Å². The molecule has 0 unspecified atom stereocenters. The maximum atomic E-state index is 14.1. The van der Waals surface area contributed by atoms with E-state index < -0.39 is 0 Å². The highest BCUT2D eigenvalue weighted by Crippen LogP contribution is 2.31. The van der Waals surface area contributed by atoms with Crippen LogP contribution in [0, 0.1) is 5.82 Å². The van der Waals surface area contributed by atoms with Crippen LogP contribution >= 0.6 is 0 Å². The fraction of sp³-hybridized carbons (Fsp3) is 0.292. The Morgan fingerprint density at radius 1 is 1.30 bits per heavy atom. The van der Waals surface area contributed by atoms with E-state index in [2.05, 4.69) is 15.3 Å². The summed E-state index contributed by atoms with van der Waals surface area (Å²) in [5, 5.41) is 2.52. The van der Waals surface area contributed by atoms with E-state index in [-0.39, 0.29) is 24.0 Å². The Labute approximate surface area is 192 Å². The molecule has 2 heterocycles. The van der Waals surface area contributed by atoms with Crippen LogP contribution in [0.2, 0.25) is 0 Å². The van der Waals surface area contributed by atoms with E-state index in [1.807, 2.05) is 22.7 Å². The minimum Gasteiger partial charge on any atom is -0.493 e. The van der Waals surface area contributed by atoms with E-state index in [1.54, 1.807) is 26.2 Å². The third-order valence-electron chi connectivity index (χ3n) is 5.41. The number of imidazole rings is 1. The maximum Gasteiger partial charge on any atom is 0.267 e. The van der Waals surface area contributed by atoms with Gasteiger partial charge in [0.05, 0.1) is 6.61 Å². The van der Waals surface area contributed by atoms with Crippen LogP contribution in [0.5, 0.6) is 5.75 Å². The van der Waals surface area contributed by atoms with Crippen LogP contribution in [-0.4, -0.2) is 48.3 Å². The van der Waals surface area contributed by atoms with Gasteiger partial charge in [-0.2, -0.15) is 0 Å². The van der Waals surface area contributed by atoms with Gasteiger partial charge in [-0.25, -0.2) is 9.37 Å². The largest absolute Gasteiger partial charge is 0.493 e. The molecule has 1 aromatic carbocycles. The molecule has 3 rings (SSSR count). The SMILES string of the molecule is CN=C(C)C(CCOc1ccc(F)cc1-c1ccc2ncc(CCN)n2c1)=C(N)C(=O)NC. The van der Waals surface area contributed by atoms with Crippen molar-refractivity contribution in [3.05, 3.63) is 65.5 Å². The van der Waals surface area contributed by atoms with Crippen LogP contribution in [0.3, 0.4) is 0 Å². The molecule has 0 atom stereocenters. The number of ether oxygens (including phenoxy) is 1. The first-order valence-electron chi connectivity index (χ1n) is 10.6. The van der Waals surface area contributed by atoms with Crippen molar-refractivity contribution in [2.75, 3.05) is 27.2 Å². The number of halogens is 1. The Balaban J connectivity index is 1.90. The summed E-state index contributed by atoms with van der Waals surface area (Å²) in [4.78, 5) is 20.5. The second-order valence-electron chi connectivity index (χ2n) is 7.45. The summed E-state index contributed by atoms with van der Waals surface area (Å²) < 4.78 is 22.1. The monoisotopic (exact) mass is 452 g/mol. The third kappa shape index (κ3) is 5.38. The standard InChI is InChI=1S/C24H29FN6O2/c1-15(28-2)19(23(27)24(32)29-3)9-11-33-21-6-5-17(25)12-20(21)16-4-7-22-30-13-18(8-10-26)31(22)14-16/h4-7,12-14H,8-11,26-27H2,1-3H3,(H,29,32). The van der Waals surface area contributed by atoms with Gasteiger partial charge in [0.1, 0.15) is 22.9 Å². The van der Waals surface area contributed by atoms with Gasteiger partial charge in [0.15, 0.2) is 0 Å². The number of benzene rings is 1. The first kappa shape index (κ1) is 23.9. The van der Waals surface area contributed by atoms with Crippen molar-refractivity contribution in [2.45, 2.75) is 19.8 Å². The highest BCUT2D eigenvalue weighted by molar-refractivity contribution is 6.06. The number of nitrogens with zero attached hydrogens (tertiary/aromatic N) is 3. The van der Waals surface area contributed by atoms with E-state index in [1.165, 1.54) is 19.2 Å². The Morgan fingerprint density at radius 3 is 2.79 bits per heavy atom. The molecule has 0 fully saturated rings. The lowest BCUT2D eigenvalue weighted by Crippen LogP contribution is -2.28. The average molecular weight is 453 g/mol. The van der Waals surface area contributed by atoms with Gasteiger partial charge in [0.25, 0.3) is 5.91 Å². The van der Waals surface area contributed by atoms with Crippen LogP contribution in [0.25, 0.3) is 16.8 Å². The smallest absolute Gasteiger partial charge is 0.267 e. The normalized spacial score (nSPS) is 12.6. The number of hydrogen-bond acceptors (Lipinski definition) is 6. The Kier molecular flexibility index (Phi) is 7.78. The summed E-state index contributed by atoms with van der Waals surface area (Å²) in [7, 11) is 3.15. The van der Waals surface area contributed by atoms with Crippen molar-refractivity contribution in [2.24, 2.45) is 16.5 Å². The minimum absolute atomic E-state index is 0.0986. The van der Waals surface area contributed by atoms with Gasteiger partial charge in [0, 0.05) is 67.4 Å². The Morgan fingerprint density at radius 2 is 2.09 bits per heavy atom. The molecule has 0 aliphatic carbocycles. The molecular formula is C24H29FN6O2. The predicted molar refractivity (Wildman–Crippen MR) is 128 cm³/mol. The molecule has 0 radical (unpaired) electrons. The zero-order chi connectivity index (χ0) is 24.0. The van der Waals surface area contributed by atoms with Crippen molar-refractivity contribution < 1.29 is 13.9 Å². The number of carbonyl (C=O) groups is 1. The molecule has 0 aliphatic rings. The number of fused-ring (bicyclic) bond motifs is 1. The fourth-order valence-electron chi connectivity index (χ4n) is 3.56. The lowest BCUT2D eigenvalue weighted by molar-refractivity contribution is -0.117. The minimum atomic E-state index is -0.377. The number of nitrogens with one attached hydrogen (secondary N) is 1. The van der Waals surface area contributed by atoms with E-state index in [0.29, 0.717) is 42.0 Å². The van der Waals surface area contributed by atoms with E-state index in [9.17, 15) is 9.18 Å². The van der Waals surface area contributed by atoms with Crippen molar-refractivity contribution in [3.8, 4) is 16.9 Å². The summed E-state index contributed by atoms with van der Waals surface area (Å²) in [6.45, 7) is 2.51. The van der Waals surface area contributed by atoms with Crippen molar-refractivity contribution >= 4 is 17.3 Å². The molecule has 0 bridgehead atoms. The van der Waals surface area contributed by atoms with Crippen molar-refractivity contribution in [3.63, 3.8) is 0 Å². The van der Waals surface area contributed by atoms with E-state index >= 15 is 0 Å². The van der Waals surface area contributed by atoms with Crippen LogP contribution in [0.4, 0.5) is 4.39 Å². The number of nitrogens with two attached hydrogens (primary N) is 2. The molecule has 5 N–H and O–H groups in total. The average Bonchev–Trinajstić information content (AvgIpc) is 3.23. The van der Waals surface area contributed by atoms with Gasteiger partial charge in [-0.05, 0) is 43.8 Å². The van der Waals surface area contributed by atoms with Gasteiger partial charge in [0.2, 0.25) is 0 Å². The molecule has 0 saturated carbocycles. The quantitative estimate of drug-likeness (QED) is 0.340. The van der Waals surface area contributed by atoms with Gasteiger partial charge >= 0.3 is 0 Å². The zero-order valence-corrected chi connectivity index (χ0v) is 19.1. The number of likely N-dealkylation sites (N-methyl/N-ethyl adjacent to an activating group) is 1. The lowest BCUT2D eigenvalue weighted by atomic mass is 10.0.